The number of carbonyl (C=O) groups is 1. The predicted molar refractivity (Wildman–Crippen MR) is 167 cm³/mol. The molecule has 1 unspecified atom stereocenters. The molecular formula is C31H28FN5O2S2. The largest absolute Gasteiger partial charge is 0.366 e. The summed E-state index contributed by atoms with van der Waals surface area (Å²) in [5.74, 6) is 0.0189. The number of aryl methyl sites for hydroxylation is 1. The van der Waals surface area contributed by atoms with E-state index in [-0.39, 0.29) is 23.3 Å². The predicted octanol–water partition coefficient (Wildman–Crippen LogP) is 5.43. The van der Waals surface area contributed by atoms with Crippen LogP contribution in [0.4, 0.5) is 15.9 Å². The quantitative estimate of drug-likeness (QED) is 0.229. The fourth-order valence-corrected chi connectivity index (χ4v) is 6.76. The molecule has 0 saturated carbocycles. The Kier molecular flexibility index (Phi) is 7.35. The number of piperazine rings is 1. The Balaban J connectivity index is 1.38. The molecule has 6 rings (SSSR count). The van der Waals surface area contributed by atoms with Crippen molar-refractivity contribution in [2.75, 3.05) is 36.0 Å². The number of benzene rings is 2. The van der Waals surface area contributed by atoms with Crippen molar-refractivity contribution in [2.24, 2.45) is 0 Å². The number of hydrogen-bond acceptors (Lipinski definition) is 7. The highest BCUT2D eigenvalue weighted by Gasteiger charge is 2.36. The van der Waals surface area contributed by atoms with Crippen molar-refractivity contribution in [3.05, 3.63) is 111 Å². The smallest absolute Gasteiger partial charge is 0.267 e. The minimum absolute atomic E-state index is 0.236. The fraction of sp³-hybridized carbons (Fsp3) is 0.226. The second kappa shape index (κ2) is 11.1. The van der Waals surface area contributed by atoms with Gasteiger partial charge >= 0.3 is 0 Å². The monoisotopic (exact) mass is 585 g/mol. The standard InChI is InChI=1S/C31H28FN5O2S2/c1-20-9-8-14-36-27(20)33-28(35-17-15-34(16-18-35)25-13-7-6-12-24(25)32)23(29(36)38)19-26-30(39)37(31(40)41-26)21(2)22-10-4-3-5-11-22/h3-14,19,21H,15-18H2,1-2H3. The number of pyridine rings is 1. The second-order valence-corrected chi connectivity index (χ2v) is 11.8. The van der Waals surface area contributed by atoms with Crippen LogP contribution in [-0.2, 0) is 4.79 Å². The Morgan fingerprint density at radius 3 is 2.37 bits per heavy atom. The first-order valence-corrected chi connectivity index (χ1v) is 14.6. The van der Waals surface area contributed by atoms with Crippen molar-refractivity contribution >= 4 is 57.4 Å². The van der Waals surface area contributed by atoms with Crippen LogP contribution in [0.25, 0.3) is 11.7 Å². The van der Waals surface area contributed by atoms with Crippen LogP contribution in [0, 0.1) is 12.7 Å². The number of amides is 1. The molecule has 0 aliphatic carbocycles. The van der Waals surface area contributed by atoms with Crippen LogP contribution in [0.3, 0.4) is 0 Å². The molecule has 2 fully saturated rings. The molecule has 10 heteroatoms. The minimum Gasteiger partial charge on any atom is -0.366 e. The lowest BCUT2D eigenvalue weighted by Gasteiger charge is -2.37. The number of nitrogens with zero attached hydrogens (tertiary/aromatic N) is 5. The highest BCUT2D eigenvalue weighted by Crippen LogP contribution is 2.38. The third kappa shape index (κ3) is 5.02. The zero-order valence-corrected chi connectivity index (χ0v) is 24.3. The number of thioether (sulfide) groups is 1. The van der Waals surface area contributed by atoms with Gasteiger partial charge in [0.25, 0.3) is 11.5 Å². The van der Waals surface area contributed by atoms with Gasteiger partial charge < -0.3 is 9.80 Å². The van der Waals surface area contributed by atoms with E-state index < -0.39 is 0 Å². The molecule has 0 N–H and O–H groups in total. The van der Waals surface area contributed by atoms with E-state index >= 15 is 0 Å². The van der Waals surface area contributed by atoms with Crippen LogP contribution in [0.1, 0.15) is 29.7 Å². The lowest BCUT2D eigenvalue weighted by Crippen LogP contribution is -2.47. The number of aromatic nitrogens is 2. The molecule has 1 atom stereocenters. The topological polar surface area (TPSA) is 61.2 Å². The normalized spacial score (nSPS) is 17.6. The fourth-order valence-electron chi connectivity index (χ4n) is 5.36. The molecule has 4 heterocycles. The minimum atomic E-state index is -0.258. The maximum Gasteiger partial charge on any atom is 0.267 e. The number of halogens is 1. The molecule has 2 saturated heterocycles. The van der Waals surface area contributed by atoms with Gasteiger partial charge in [0.05, 0.1) is 22.2 Å². The molecule has 41 heavy (non-hydrogen) atoms. The van der Waals surface area contributed by atoms with E-state index in [4.69, 9.17) is 17.2 Å². The highest BCUT2D eigenvalue weighted by molar-refractivity contribution is 8.26. The molecule has 208 valence electrons. The first-order chi connectivity index (χ1) is 19.8. The summed E-state index contributed by atoms with van der Waals surface area (Å²) in [6.45, 7) is 6.05. The Hall–Kier alpha value is -4.02. The number of hydrogen-bond donors (Lipinski definition) is 0. The van der Waals surface area contributed by atoms with Gasteiger partial charge in [0.2, 0.25) is 0 Å². The Bertz CT molecular complexity index is 1750. The maximum atomic E-state index is 14.5. The summed E-state index contributed by atoms with van der Waals surface area (Å²) in [6.07, 6.45) is 3.33. The summed E-state index contributed by atoms with van der Waals surface area (Å²) in [7, 11) is 0. The first-order valence-electron chi connectivity index (χ1n) is 13.4. The van der Waals surface area contributed by atoms with E-state index in [0.717, 1.165) is 11.1 Å². The van der Waals surface area contributed by atoms with Gasteiger partial charge in [-0.25, -0.2) is 9.37 Å². The van der Waals surface area contributed by atoms with Crippen molar-refractivity contribution < 1.29 is 9.18 Å². The zero-order chi connectivity index (χ0) is 28.7. The number of thiocarbonyl (C=S) groups is 1. The number of rotatable bonds is 5. The van der Waals surface area contributed by atoms with Crippen molar-refractivity contribution in [1.82, 2.24) is 14.3 Å². The molecule has 4 aromatic rings. The van der Waals surface area contributed by atoms with Crippen molar-refractivity contribution in [2.45, 2.75) is 19.9 Å². The molecule has 7 nitrogen and oxygen atoms in total. The van der Waals surface area contributed by atoms with E-state index in [0.29, 0.717) is 58.1 Å². The van der Waals surface area contributed by atoms with Gasteiger partial charge in [-0.2, -0.15) is 0 Å². The average molecular weight is 586 g/mol. The van der Waals surface area contributed by atoms with Gasteiger partial charge in [0.1, 0.15) is 21.6 Å². The van der Waals surface area contributed by atoms with Crippen LogP contribution in [0.5, 0.6) is 0 Å². The molecule has 2 aliphatic heterocycles. The summed E-state index contributed by atoms with van der Waals surface area (Å²) in [5.41, 5.74) is 3.04. The van der Waals surface area contributed by atoms with Gasteiger partial charge in [-0.3, -0.25) is 18.9 Å². The molecule has 0 radical (unpaired) electrons. The molecule has 0 bridgehead atoms. The highest BCUT2D eigenvalue weighted by atomic mass is 32.2. The third-order valence-electron chi connectivity index (χ3n) is 7.60. The van der Waals surface area contributed by atoms with Crippen molar-refractivity contribution in [3.8, 4) is 0 Å². The van der Waals surface area contributed by atoms with E-state index in [1.807, 2.05) is 72.2 Å². The molecule has 2 aromatic heterocycles. The molecule has 1 amide bonds. The van der Waals surface area contributed by atoms with Crippen LogP contribution in [-0.4, -0.2) is 50.7 Å². The number of anilines is 2. The van der Waals surface area contributed by atoms with Gasteiger partial charge in [-0.15, -0.1) is 0 Å². The number of carbonyl (C=O) groups excluding carboxylic acids is 1. The first kappa shape index (κ1) is 27.2. The number of para-hydroxylation sites is 1. The maximum absolute atomic E-state index is 14.5. The second-order valence-electron chi connectivity index (χ2n) is 10.1. The Labute approximate surface area is 246 Å². The lowest BCUT2D eigenvalue weighted by atomic mass is 10.1. The zero-order valence-electron chi connectivity index (χ0n) is 22.7. The van der Waals surface area contributed by atoms with Gasteiger partial charge in [0.15, 0.2) is 0 Å². The molecule has 2 aromatic carbocycles. The molecule has 0 spiro atoms. The van der Waals surface area contributed by atoms with Crippen LogP contribution in [0.15, 0.2) is 82.6 Å². The summed E-state index contributed by atoms with van der Waals surface area (Å²) >= 11 is 6.82. The summed E-state index contributed by atoms with van der Waals surface area (Å²) in [5, 5.41) is 0. The lowest BCUT2D eigenvalue weighted by molar-refractivity contribution is -0.123. The van der Waals surface area contributed by atoms with Crippen molar-refractivity contribution in [3.63, 3.8) is 0 Å². The van der Waals surface area contributed by atoms with Crippen LogP contribution >= 0.6 is 24.0 Å². The van der Waals surface area contributed by atoms with Crippen LogP contribution in [0.2, 0.25) is 0 Å². The third-order valence-corrected chi connectivity index (χ3v) is 8.94. The van der Waals surface area contributed by atoms with E-state index in [2.05, 4.69) is 0 Å². The van der Waals surface area contributed by atoms with Gasteiger partial charge in [0, 0.05) is 32.4 Å². The van der Waals surface area contributed by atoms with Crippen LogP contribution < -0.4 is 15.4 Å². The van der Waals surface area contributed by atoms with Gasteiger partial charge in [-0.05, 0) is 49.2 Å². The number of fused-ring (bicyclic) bond motifs is 1. The van der Waals surface area contributed by atoms with Gasteiger partial charge in [-0.1, -0.05) is 72.5 Å². The summed E-state index contributed by atoms with van der Waals surface area (Å²) in [4.78, 5) is 38.5. The summed E-state index contributed by atoms with van der Waals surface area (Å²) in [6, 6.07) is 19.9. The Morgan fingerprint density at radius 2 is 1.63 bits per heavy atom. The SMILES string of the molecule is Cc1cccn2c(=O)c(C=C3SC(=S)N(C(C)c4ccccc4)C3=O)c(N3CCN(c4ccccc4F)CC3)nc12. The average Bonchev–Trinajstić information content (AvgIpc) is 3.27. The Morgan fingerprint density at radius 1 is 0.951 bits per heavy atom. The summed E-state index contributed by atoms with van der Waals surface area (Å²) < 4.78 is 16.4. The molecule has 2 aliphatic rings. The van der Waals surface area contributed by atoms with E-state index in [1.54, 1.807) is 29.3 Å². The van der Waals surface area contributed by atoms with Crippen molar-refractivity contribution in [1.29, 1.82) is 0 Å². The van der Waals surface area contributed by atoms with E-state index in [9.17, 15) is 14.0 Å². The molecular weight excluding hydrogens is 558 g/mol. The van der Waals surface area contributed by atoms with E-state index in [1.165, 1.54) is 22.2 Å².